The molecular formula is C17H22N2O. The fraction of sp³-hybridized carbons (Fsp3) is 0.294. The van der Waals surface area contributed by atoms with E-state index in [0.717, 1.165) is 23.5 Å². The lowest BCUT2D eigenvalue weighted by atomic mass is 10.1. The minimum atomic E-state index is 0.525. The van der Waals surface area contributed by atoms with Crippen LogP contribution in [0.15, 0.2) is 42.5 Å². The van der Waals surface area contributed by atoms with E-state index >= 15 is 0 Å². The van der Waals surface area contributed by atoms with E-state index in [1.807, 2.05) is 18.2 Å². The number of hydrogen-bond donors (Lipinski definition) is 1. The average molecular weight is 270 g/mol. The molecular weight excluding hydrogens is 248 g/mol. The van der Waals surface area contributed by atoms with Gasteiger partial charge in [-0.15, -0.1) is 0 Å². The van der Waals surface area contributed by atoms with Crippen LogP contribution in [0.25, 0.3) is 0 Å². The van der Waals surface area contributed by atoms with E-state index in [1.54, 1.807) is 7.11 Å². The van der Waals surface area contributed by atoms with Crippen molar-refractivity contribution in [3.63, 3.8) is 0 Å². The number of benzene rings is 2. The van der Waals surface area contributed by atoms with Crippen molar-refractivity contribution in [1.82, 2.24) is 0 Å². The molecule has 2 aromatic carbocycles. The predicted molar refractivity (Wildman–Crippen MR) is 84.2 cm³/mol. The van der Waals surface area contributed by atoms with Crippen LogP contribution in [0.4, 0.5) is 5.69 Å². The summed E-state index contributed by atoms with van der Waals surface area (Å²) in [4.78, 5) is 2.20. The molecule has 0 amide bonds. The van der Waals surface area contributed by atoms with Gasteiger partial charge >= 0.3 is 0 Å². The second-order valence-electron chi connectivity index (χ2n) is 5.04. The van der Waals surface area contributed by atoms with Crippen molar-refractivity contribution < 1.29 is 4.74 Å². The molecule has 0 radical (unpaired) electrons. The highest BCUT2D eigenvalue weighted by Gasteiger charge is 2.09. The summed E-state index contributed by atoms with van der Waals surface area (Å²) in [6.07, 6.45) is 0. The van der Waals surface area contributed by atoms with Gasteiger partial charge in [0.2, 0.25) is 0 Å². The van der Waals surface area contributed by atoms with E-state index < -0.39 is 0 Å². The van der Waals surface area contributed by atoms with Gasteiger partial charge in [-0.25, -0.2) is 0 Å². The first-order valence-corrected chi connectivity index (χ1v) is 6.77. The summed E-state index contributed by atoms with van der Waals surface area (Å²) in [5, 5.41) is 0. The van der Waals surface area contributed by atoms with Gasteiger partial charge in [0.25, 0.3) is 0 Å². The van der Waals surface area contributed by atoms with E-state index in [-0.39, 0.29) is 0 Å². The zero-order valence-corrected chi connectivity index (χ0v) is 12.4. The summed E-state index contributed by atoms with van der Waals surface area (Å²) < 4.78 is 5.30. The lowest BCUT2D eigenvalue weighted by Gasteiger charge is -2.23. The molecule has 106 valence electrons. The number of nitrogens with two attached hydrogens (primary N) is 1. The number of hydrogen-bond acceptors (Lipinski definition) is 3. The Bertz CT molecular complexity index is 564. The number of aryl methyl sites for hydroxylation is 1. The van der Waals surface area contributed by atoms with Crippen molar-refractivity contribution in [3.05, 3.63) is 59.2 Å². The van der Waals surface area contributed by atoms with E-state index in [0.29, 0.717) is 6.54 Å². The summed E-state index contributed by atoms with van der Waals surface area (Å²) in [6, 6.07) is 14.6. The highest BCUT2D eigenvalue weighted by atomic mass is 16.5. The molecule has 2 N–H and O–H groups in total. The SMILES string of the molecule is COc1ccc(CN)c(N(C)Cc2ccc(C)cc2)c1. The molecule has 0 aliphatic rings. The summed E-state index contributed by atoms with van der Waals surface area (Å²) in [5.41, 5.74) is 10.6. The standard InChI is InChI=1S/C17H22N2O/c1-13-4-6-14(7-5-13)12-19(2)17-10-16(20-3)9-8-15(17)11-18/h4-10H,11-12,18H2,1-3H3. The van der Waals surface area contributed by atoms with E-state index in [4.69, 9.17) is 10.5 Å². The smallest absolute Gasteiger partial charge is 0.120 e. The van der Waals surface area contributed by atoms with Gasteiger partial charge in [0, 0.05) is 31.9 Å². The Morgan fingerprint density at radius 1 is 1.10 bits per heavy atom. The fourth-order valence-corrected chi connectivity index (χ4v) is 2.25. The van der Waals surface area contributed by atoms with Crippen molar-refractivity contribution in [3.8, 4) is 5.75 Å². The minimum absolute atomic E-state index is 0.525. The van der Waals surface area contributed by atoms with Crippen molar-refractivity contribution >= 4 is 5.69 Å². The first-order chi connectivity index (χ1) is 9.63. The maximum atomic E-state index is 5.83. The largest absolute Gasteiger partial charge is 0.497 e. The Kier molecular flexibility index (Phi) is 4.64. The quantitative estimate of drug-likeness (QED) is 0.907. The molecule has 0 heterocycles. The van der Waals surface area contributed by atoms with Crippen LogP contribution in [0, 0.1) is 6.92 Å². The Morgan fingerprint density at radius 3 is 2.40 bits per heavy atom. The molecule has 0 aliphatic heterocycles. The van der Waals surface area contributed by atoms with Crippen LogP contribution in [-0.4, -0.2) is 14.2 Å². The Morgan fingerprint density at radius 2 is 1.80 bits per heavy atom. The number of rotatable bonds is 5. The second kappa shape index (κ2) is 6.44. The predicted octanol–water partition coefficient (Wildman–Crippen LogP) is 3.10. The third-order valence-corrected chi connectivity index (χ3v) is 3.46. The van der Waals surface area contributed by atoms with Crippen molar-refractivity contribution in [2.24, 2.45) is 5.73 Å². The monoisotopic (exact) mass is 270 g/mol. The third-order valence-electron chi connectivity index (χ3n) is 3.46. The van der Waals surface area contributed by atoms with Crippen LogP contribution >= 0.6 is 0 Å². The van der Waals surface area contributed by atoms with Gasteiger partial charge in [0.15, 0.2) is 0 Å². The fourth-order valence-electron chi connectivity index (χ4n) is 2.25. The summed E-state index contributed by atoms with van der Waals surface area (Å²) >= 11 is 0. The number of anilines is 1. The third kappa shape index (κ3) is 3.31. The molecule has 2 aromatic rings. The lowest BCUT2D eigenvalue weighted by molar-refractivity contribution is 0.414. The van der Waals surface area contributed by atoms with Crippen LogP contribution < -0.4 is 15.4 Å². The molecule has 0 fully saturated rings. The van der Waals surface area contributed by atoms with Crippen molar-refractivity contribution in [2.75, 3.05) is 19.1 Å². The first-order valence-electron chi connectivity index (χ1n) is 6.77. The van der Waals surface area contributed by atoms with Crippen LogP contribution in [0.5, 0.6) is 5.75 Å². The van der Waals surface area contributed by atoms with Gasteiger partial charge in [-0.1, -0.05) is 35.9 Å². The second-order valence-corrected chi connectivity index (χ2v) is 5.04. The topological polar surface area (TPSA) is 38.5 Å². The van der Waals surface area contributed by atoms with Gasteiger partial charge < -0.3 is 15.4 Å². The summed E-state index contributed by atoms with van der Waals surface area (Å²) in [7, 11) is 3.76. The highest BCUT2D eigenvalue weighted by molar-refractivity contribution is 5.57. The van der Waals surface area contributed by atoms with E-state index in [1.165, 1.54) is 11.1 Å². The molecule has 3 nitrogen and oxygen atoms in total. The molecule has 0 saturated heterocycles. The Hall–Kier alpha value is -2.00. The van der Waals surface area contributed by atoms with E-state index in [2.05, 4.69) is 43.1 Å². The molecule has 0 saturated carbocycles. The molecule has 0 unspecified atom stereocenters. The van der Waals surface area contributed by atoms with Gasteiger partial charge in [-0.3, -0.25) is 0 Å². The molecule has 2 rings (SSSR count). The molecule has 20 heavy (non-hydrogen) atoms. The lowest BCUT2D eigenvalue weighted by Crippen LogP contribution is -2.19. The molecule has 0 bridgehead atoms. The normalized spacial score (nSPS) is 10.4. The molecule has 0 atom stereocenters. The van der Waals surface area contributed by atoms with Crippen molar-refractivity contribution in [1.29, 1.82) is 0 Å². The van der Waals surface area contributed by atoms with Crippen molar-refractivity contribution in [2.45, 2.75) is 20.0 Å². The van der Waals surface area contributed by atoms with Gasteiger partial charge in [0.1, 0.15) is 5.75 Å². The van der Waals surface area contributed by atoms with E-state index in [9.17, 15) is 0 Å². The molecule has 3 heteroatoms. The Labute approximate surface area is 121 Å². The number of ether oxygens (including phenoxy) is 1. The molecule has 0 aliphatic carbocycles. The number of methoxy groups -OCH3 is 1. The van der Waals surface area contributed by atoms with Gasteiger partial charge in [-0.05, 0) is 24.1 Å². The first kappa shape index (κ1) is 14.4. The maximum absolute atomic E-state index is 5.83. The summed E-state index contributed by atoms with van der Waals surface area (Å²) in [5.74, 6) is 0.855. The Balaban J connectivity index is 2.23. The maximum Gasteiger partial charge on any atom is 0.120 e. The van der Waals surface area contributed by atoms with Crippen LogP contribution in [0.3, 0.4) is 0 Å². The highest BCUT2D eigenvalue weighted by Crippen LogP contribution is 2.26. The van der Waals surface area contributed by atoms with Crippen LogP contribution in [0.2, 0.25) is 0 Å². The minimum Gasteiger partial charge on any atom is -0.497 e. The van der Waals surface area contributed by atoms with Crippen LogP contribution in [0.1, 0.15) is 16.7 Å². The van der Waals surface area contributed by atoms with Gasteiger partial charge in [-0.2, -0.15) is 0 Å². The molecule has 0 aromatic heterocycles. The summed E-state index contributed by atoms with van der Waals surface area (Å²) in [6.45, 7) is 3.47. The van der Waals surface area contributed by atoms with Crippen LogP contribution in [-0.2, 0) is 13.1 Å². The van der Waals surface area contributed by atoms with Gasteiger partial charge in [0.05, 0.1) is 7.11 Å². The molecule has 0 spiro atoms. The number of nitrogens with zero attached hydrogens (tertiary/aromatic N) is 1. The zero-order valence-electron chi connectivity index (χ0n) is 12.4. The zero-order chi connectivity index (χ0) is 14.5. The average Bonchev–Trinajstić information content (AvgIpc) is 2.48.